The first-order chi connectivity index (χ1) is 4.68. The number of carbonyl (C=O) groups excluding carboxylic acids is 1. The van der Waals surface area contributed by atoms with Crippen LogP contribution in [0, 0.1) is 6.92 Å². The van der Waals surface area contributed by atoms with Gasteiger partial charge in [-0.1, -0.05) is 0 Å². The average molecular weight is 180 g/mol. The minimum absolute atomic E-state index is 0. The standard InChI is InChI=1S/C5H6N2O3.K/c1-3-6-7-4(10-3)2-5(8)9;/h2H2,1H3,(H,8,9);/q;+1/p-1. The number of aromatic nitrogens is 2. The molecule has 0 N–H and O–H groups in total. The molecule has 0 atom stereocenters. The molecule has 0 radical (unpaired) electrons. The van der Waals surface area contributed by atoms with Crippen molar-refractivity contribution in [1.29, 1.82) is 0 Å². The fourth-order valence-corrected chi connectivity index (χ4v) is 0.532. The summed E-state index contributed by atoms with van der Waals surface area (Å²) in [6.07, 6.45) is -0.319. The number of aliphatic carboxylic acids is 1. The van der Waals surface area contributed by atoms with Crippen molar-refractivity contribution in [2.75, 3.05) is 0 Å². The van der Waals surface area contributed by atoms with Crippen molar-refractivity contribution in [2.45, 2.75) is 13.3 Å². The second-order valence-corrected chi connectivity index (χ2v) is 1.76. The number of aryl methyl sites for hydroxylation is 1. The molecule has 6 heteroatoms. The Kier molecular flexibility index (Phi) is 5.10. The van der Waals surface area contributed by atoms with Gasteiger partial charge in [0.2, 0.25) is 11.8 Å². The SMILES string of the molecule is Cc1nnc(CC(=O)[O-])o1.[K+]. The van der Waals surface area contributed by atoms with Crippen LogP contribution in [0.4, 0.5) is 0 Å². The molecule has 5 nitrogen and oxygen atoms in total. The van der Waals surface area contributed by atoms with E-state index in [0.717, 1.165) is 0 Å². The zero-order valence-corrected chi connectivity index (χ0v) is 9.45. The molecule has 0 fully saturated rings. The van der Waals surface area contributed by atoms with Crippen molar-refractivity contribution < 1.29 is 65.7 Å². The van der Waals surface area contributed by atoms with E-state index in [0.29, 0.717) is 5.89 Å². The number of carboxylic acids is 1. The summed E-state index contributed by atoms with van der Waals surface area (Å²) in [6.45, 7) is 1.59. The van der Waals surface area contributed by atoms with Crippen molar-refractivity contribution in [1.82, 2.24) is 10.2 Å². The maximum Gasteiger partial charge on any atom is 1.00 e. The van der Waals surface area contributed by atoms with E-state index in [4.69, 9.17) is 4.42 Å². The van der Waals surface area contributed by atoms with Crippen molar-refractivity contribution >= 4 is 5.97 Å². The minimum atomic E-state index is -1.22. The summed E-state index contributed by atoms with van der Waals surface area (Å²) in [6, 6.07) is 0. The van der Waals surface area contributed by atoms with Gasteiger partial charge in [-0.15, -0.1) is 10.2 Å². The largest absolute Gasteiger partial charge is 1.00 e. The summed E-state index contributed by atoms with van der Waals surface area (Å²) in [7, 11) is 0. The molecule has 54 valence electrons. The molecular weight excluding hydrogens is 175 g/mol. The maximum absolute atomic E-state index is 9.94. The van der Waals surface area contributed by atoms with Crippen molar-refractivity contribution in [3.05, 3.63) is 11.8 Å². The van der Waals surface area contributed by atoms with E-state index < -0.39 is 5.97 Å². The Labute approximate surface area is 106 Å². The molecule has 0 saturated carbocycles. The van der Waals surface area contributed by atoms with Gasteiger partial charge in [0, 0.05) is 6.92 Å². The van der Waals surface area contributed by atoms with E-state index >= 15 is 0 Å². The third kappa shape index (κ3) is 3.97. The van der Waals surface area contributed by atoms with Gasteiger partial charge < -0.3 is 14.3 Å². The number of nitrogens with zero attached hydrogens (tertiary/aromatic N) is 2. The van der Waals surface area contributed by atoms with E-state index in [1.165, 1.54) is 0 Å². The topological polar surface area (TPSA) is 79.0 Å². The molecule has 0 unspecified atom stereocenters. The Bertz CT molecular complexity index is 248. The predicted octanol–water partition coefficient (Wildman–Crippen LogP) is -4.33. The third-order valence-corrected chi connectivity index (χ3v) is 0.863. The van der Waals surface area contributed by atoms with Crippen LogP contribution in [0.3, 0.4) is 0 Å². The van der Waals surface area contributed by atoms with E-state index in [2.05, 4.69) is 10.2 Å². The number of carboxylic acid groups (broad SMARTS) is 1. The summed E-state index contributed by atoms with van der Waals surface area (Å²) in [4.78, 5) is 9.94. The van der Waals surface area contributed by atoms with Crippen LogP contribution in [0.25, 0.3) is 0 Å². The molecule has 0 aliphatic heterocycles. The molecular formula is C5H5KN2O3. The van der Waals surface area contributed by atoms with Crippen molar-refractivity contribution in [3.63, 3.8) is 0 Å². The second-order valence-electron chi connectivity index (χ2n) is 1.76. The molecule has 1 rings (SSSR count). The Morgan fingerprint density at radius 2 is 2.27 bits per heavy atom. The molecule has 11 heavy (non-hydrogen) atoms. The molecule has 1 heterocycles. The monoisotopic (exact) mass is 180 g/mol. The second kappa shape index (κ2) is 4.99. The molecule has 0 spiro atoms. The van der Waals surface area contributed by atoms with E-state index in [9.17, 15) is 9.90 Å². The Morgan fingerprint density at radius 3 is 2.64 bits per heavy atom. The first kappa shape index (κ1) is 11.2. The minimum Gasteiger partial charge on any atom is -0.550 e. The van der Waals surface area contributed by atoms with Gasteiger partial charge in [0.15, 0.2) is 0 Å². The van der Waals surface area contributed by atoms with Crippen molar-refractivity contribution in [2.24, 2.45) is 0 Å². The smallest absolute Gasteiger partial charge is 0.550 e. The van der Waals surface area contributed by atoms with Gasteiger partial charge in [0.25, 0.3) is 0 Å². The summed E-state index contributed by atoms with van der Waals surface area (Å²) >= 11 is 0. The Morgan fingerprint density at radius 1 is 1.64 bits per heavy atom. The predicted molar refractivity (Wildman–Crippen MR) is 27.7 cm³/mol. The number of rotatable bonds is 2. The van der Waals surface area contributed by atoms with Crippen LogP contribution in [0.5, 0.6) is 0 Å². The first-order valence-electron chi connectivity index (χ1n) is 2.67. The zero-order valence-electron chi connectivity index (χ0n) is 6.33. The average Bonchev–Trinajstić information content (AvgIpc) is 2.13. The van der Waals surface area contributed by atoms with Gasteiger partial charge in [-0.3, -0.25) is 0 Å². The van der Waals surface area contributed by atoms with Gasteiger partial charge in [0.05, 0.1) is 12.4 Å². The molecule has 0 bridgehead atoms. The van der Waals surface area contributed by atoms with Crippen LogP contribution < -0.4 is 56.5 Å². The summed E-state index contributed by atoms with van der Waals surface area (Å²) < 4.78 is 4.75. The van der Waals surface area contributed by atoms with Gasteiger partial charge >= 0.3 is 51.4 Å². The van der Waals surface area contributed by atoms with Gasteiger partial charge in [-0.2, -0.15) is 0 Å². The van der Waals surface area contributed by atoms with Crippen LogP contribution in [0.1, 0.15) is 11.8 Å². The van der Waals surface area contributed by atoms with Gasteiger partial charge in [0.1, 0.15) is 0 Å². The summed E-state index contributed by atoms with van der Waals surface area (Å²) in [5.41, 5.74) is 0. The molecule has 0 aliphatic carbocycles. The molecule has 1 aromatic rings. The molecule has 1 aromatic heterocycles. The first-order valence-corrected chi connectivity index (χ1v) is 2.67. The molecule has 0 amide bonds. The Hall–Kier alpha value is 0.246. The maximum atomic E-state index is 9.94. The molecule has 0 aromatic carbocycles. The van der Waals surface area contributed by atoms with Crippen LogP contribution >= 0.6 is 0 Å². The van der Waals surface area contributed by atoms with E-state index in [1.54, 1.807) is 6.92 Å². The Balaban J connectivity index is 0.000001000. The van der Waals surface area contributed by atoms with Crippen molar-refractivity contribution in [3.8, 4) is 0 Å². The van der Waals surface area contributed by atoms with E-state index in [1.807, 2.05) is 0 Å². The molecule has 0 saturated heterocycles. The third-order valence-electron chi connectivity index (χ3n) is 0.863. The fraction of sp³-hybridized carbons (Fsp3) is 0.400. The molecule has 0 aliphatic rings. The zero-order chi connectivity index (χ0) is 7.56. The van der Waals surface area contributed by atoms with E-state index in [-0.39, 0.29) is 63.7 Å². The number of carbonyl (C=O) groups is 1. The van der Waals surface area contributed by atoms with Crippen LogP contribution in [0.15, 0.2) is 4.42 Å². The quantitative estimate of drug-likeness (QED) is 0.430. The number of hydrogen-bond acceptors (Lipinski definition) is 5. The summed E-state index contributed by atoms with van der Waals surface area (Å²) in [5.74, 6) is -0.780. The van der Waals surface area contributed by atoms with Crippen LogP contribution in [-0.4, -0.2) is 16.2 Å². The van der Waals surface area contributed by atoms with Gasteiger partial charge in [-0.25, -0.2) is 0 Å². The summed E-state index contributed by atoms with van der Waals surface area (Å²) in [5, 5.41) is 16.8. The van der Waals surface area contributed by atoms with Gasteiger partial charge in [-0.05, 0) is 0 Å². The van der Waals surface area contributed by atoms with Crippen LogP contribution in [0.2, 0.25) is 0 Å². The van der Waals surface area contributed by atoms with Crippen LogP contribution in [-0.2, 0) is 11.2 Å². The normalized spacial score (nSPS) is 8.82. The fourth-order valence-electron chi connectivity index (χ4n) is 0.532. The number of hydrogen-bond donors (Lipinski definition) is 0.